The fourth-order valence-electron chi connectivity index (χ4n) is 3.36. The van der Waals surface area contributed by atoms with E-state index in [-0.39, 0.29) is 28.9 Å². The van der Waals surface area contributed by atoms with Crippen molar-refractivity contribution < 1.29 is 19.1 Å². The Hall–Kier alpha value is -2.28. The van der Waals surface area contributed by atoms with Crippen LogP contribution in [-0.4, -0.2) is 55.7 Å². The Labute approximate surface area is 172 Å². The molecule has 1 saturated heterocycles. The number of amides is 2. The first-order valence-electron chi connectivity index (χ1n) is 8.94. The van der Waals surface area contributed by atoms with E-state index < -0.39 is 6.10 Å². The van der Waals surface area contributed by atoms with Crippen LogP contribution >= 0.6 is 23.2 Å². The maximum Gasteiger partial charge on any atom is 0.265 e. The number of morpholine rings is 1. The first-order valence-corrected chi connectivity index (χ1v) is 9.70. The summed E-state index contributed by atoms with van der Waals surface area (Å²) in [5.41, 5.74) is 0.873. The summed E-state index contributed by atoms with van der Waals surface area (Å²) in [7, 11) is 0. The Morgan fingerprint density at radius 2 is 1.75 bits per heavy atom. The van der Waals surface area contributed by atoms with Crippen molar-refractivity contribution in [2.24, 2.45) is 0 Å². The highest BCUT2D eigenvalue weighted by molar-refractivity contribution is 6.44. The largest absolute Gasteiger partial charge is 0.476 e. The van der Waals surface area contributed by atoms with E-state index in [1.54, 1.807) is 41.3 Å². The molecule has 0 unspecified atom stereocenters. The number of rotatable bonds is 2. The second kappa shape index (κ2) is 7.99. The van der Waals surface area contributed by atoms with Crippen LogP contribution in [0.25, 0.3) is 0 Å². The maximum absolute atomic E-state index is 13.3. The van der Waals surface area contributed by atoms with Crippen LogP contribution in [-0.2, 0) is 9.53 Å². The lowest BCUT2D eigenvalue weighted by Crippen LogP contribution is -2.54. The Morgan fingerprint density at radius 3 is 2.54 bits per heavy atom. The van der Waals surface area contributed by atoms with Crippen LogP contribution in [0.4, 0.5) is 5.69 Å². The van der Waals surface area contributed by atoms with Gasteiger partial charge in [0.15, 0.2) is 6.10 Å². The van der Waals surface area contributed by atoms with Crippen molar-refractivity contribution >= 4 is 40.7 Å². The summed E-state index contributed by atoms with van der Waals surface area (Å²) >= 11 is 12.3. The number of hydrogen-bond donors (Lipinski definition) is 0. The van der Waals surface area contributed by atoms with Crippen molar-refractivity contribution in [1.29, 1.82) is 0 Å². The minimum atomic E-state index is -0.796. The molecule has 1 atom stereocenters. The molecular weight excluding hydrogens is 403 g/mol. The van der Waals surface area contributed by atoms with Crippen LogP contribution in [0.3, 0.4) is 0 Å². The van der Waals surface area contributed by atoms with Crippen LogP contribution in [0.1, 0.15) is 10.4 Å². The van der Waals surface area contributed by atoms with Crippen molar-refractivity contribution in [1.82, 2.24) is 4.90 Å². The van der Waals surface area contributed by atoms with Gasteiger partial charge in [-0.05, 0) is 24.3 Å². The molecule has 2 aromatic carbocycles. The average molecular weight is 421 g/mol. The molecule has 2 heterocycles. The van der Waals surface area contributed by atoms with Gasteiger partial charge >= 0.3 is 0 Å². The number of hydrogen-bond acceptors (Lipinski definition) is 4. The Bertz CT molecular complexity index is 915. The molecule has 28 heavy (non-hydrogen) atoms. The first-order chi connectivity index (χ1) is 13.6. The molecule has 2 aromatic rings. The Morgan fingerprint density at radius 1 is 1.00 bits per heavy atom. The zero-order valence-corrected chi connectivity index (χ0v) is 16.4. The van der Waals surface area contributed by atoms with Gasteiger partial charge < -0.3 is 19.3 Å². The van der Waals surface area contributed by atoms with E-state index in [0.29, 0.717) is 42.8 Å². The summed E-state index contributed by atoms with van der Waals surface area (Å²) in [6.45, 7) is 2.10. The molecule has 0 aliphatic carbocycles. The summed E-state index contributed by atoms with van der Waals surface area (Å²) in [5.74, 6) is -0.0114. The summed E-state index contributed by atoms with van der Waals surface area (Å²) in [6, 6.07) is 12.0. The van der Waals surface area contributed by atoms with Crippen LogP contribution in [0.5, 0.6) is 5.75 Å². The predicted molar refractivity (Wildman–Crippen MR) is 106 cm³/mol. The van der Waals surface area contributed by atoms with Gasteiger partial charge in [0.25, 0.3) is 11.8 Å². The van der Waals surface area contributed by atoms with Gasteiger partial charge in [0, 0.05) is 13.1 Å². The van der Waals surface area contributed by atoms with Gasteiger partial charge in [-0.1, -0.05) is 41.4 Å². The highest BCUT2D eigenvalue weighted by Gasteiger charge is 2.37. The van der Waals surface area contributed by atoms with Gasteiger partial charge in [-0.3, -0.25) is 9.59 Å². The molecule has 4 rings (SSSR count). The number of fused-ring (bicyclic) bond motifs is 1. The number of para-hydroxylation sites is 2. The topological polar surface area (TPSA) is 59.1 Å². The lowest BCUT2D eigenvalue weighted by molar-refractivity contribution is -0.142. The van der Waals surface area contributed by atoms with E-state index in [1.165, 1.54) is 4.90 Å². The fourth-order valence-corrected chi connectivity index (χ4v) is 3.74. The number of carbonyl (C=O) groups excluding carboxylic acids is 2. The van der Waals surface area contributed by atoms with Crippen molar-refractivity contribution in [2.75, 3.05) is 37.7 Å². The first kappa shape index (κ1) is 19.1. The third-order valence-corrected chi connectivity index (χ3v) is 5.62. The lowest BCUT2D eigenvalue weighted by atomic mass is 10.1. The third-order valence-electron chi connectivity index (χ3n) is 4.80. The Kier molecular flexibility index (Phi) is 5.44. The standard InChI is InChI=1S/C20H18Cl2N2O4/c21-14-5-3-4-13(18(14)22)19(25)24-12-17(20(26)23-8-10-27-11-9-23)28-16-7-2-1-6-15(16)24/h1-7,17H,8-12H2/t17-/m0/s1. The summed E-state index contributed by atoms with van der Waals surface area (Å²) in [4.78, 5) is 29.4. The fraction of sp³-hybridized carbons (Fsp3) is 0.300. The molecule has 0 bridgehead atoms. The zero-order chi connectivity index (χ0) is 19.7. The van der Waals surface area contributed by atoms with Gasteiger partial charge in [-0.2, -0.15) is 0 Å². The second-order valence-electron chi connectivity index (χ2n) is 6.53. The minimum Gasteiger partial charge on any atom is -0.476 e. The van der Waals surface area contributed by atoms with Crippen molar-refractivity contribution in [3.63, 3.8) is 0 Å². The number of halogens is 2. The van der Waals surface area contributed by atoms with Gasteiger partial charge in [0.2, 0.25) is 0 Å². The van der Waals surface area contributed by atoms with E-state index >= 15 is 0 Å². The van der Waals surface area contributed by atoms with Crippen molar-refractivity contribution in [3.8, 4) is 5.75 Å². The molecular formula is C20H18Cl2N2O4. The molecule has 8 heteroatoms. The summed E-state index contributed by atoms with van der Waals surface area (Å²) in [6.07, 6.45) is -0.796. The molecule has 0 spiro atoms. The SMILES string of the molecule is O=C([C@@H]1CN(C(=O)c2cccc(Cl)c2Cl)c2ccccc2O1)N1CCOCC1. The monoisotopic (exact) mass is 420 g/mol. The van der Waals surface area contributed by atoms with E-state index in [0.717, 1.165) is 0 Å². The molecule has 2 amide bonds. The van der Waals surface area contributed by atoms with Crippen molar-refractivity contribution in [3.05, 3.63) is 58.1 Å². The van der Waals surface area contributed by atoms with Gasteiger partial charge in [0.05, 0.1) is 41.1 Å². The average Bonchev–Trinajstić information content (AvgIpc) is 2.74. The molecule has 0 radical (unpaired) electrons. The minimum absolute atomic E-state index is 0.0921. The third kappa shape index (κ3) is 3.55. The van der Waals surface area contributed by atoms with Crippen molar-refractivity contribution in [2.45, 2.75) is 6.10 Å². The van der Waals surface area contributed by atoms with E-state index in [9.17, 15) is 9.59 Å². The number of ether oxygens (including phenoxy) is 2. The van der Waals surface area contributed by atoms with Gasteiger partial charge in [-0.25, -0.2) is 0 Å². The normalized spacial score (nSPS) is 19.0. The smallest absolute Gasteiger partial charge is 0.265 e. The van der Waals surface area contributed by atoms with Crippen LogP contribution in [0, 0.1) is 0 Å². The summed E-state index contributed by atoms with van der Waals surface area (Å²) in [5, 5.41) is 0.490. The molecule has 0 saturated carbocycles. The molecule has 0 N–H and O–H groups in total. The molecule has 2 aliphatic heterocycles. The number of benzene rings is 2. The van der Waals surface area contributed by atoms with E-state index in [4.69, 9.17) is 32.7 Å². The quantitative estimate of drug-likeness (QED) is 0.747. The number of carbonyl (C=O) groups is 2. The lowest BCUT2D eigenvalue weighted by Gasteiger charge is -2.37. The maximum atomic E-state index is 13.3. The van der Waals surface area contributed by atoms with E-state index in [1.807, 2.05) is 6.07 Å². The second-order valence-corrected chi connectivity index (χ2v) is 7.31. The zero-order valence-electron chi connectivity index (χ0n) is 14.9. The Balaban J connectivity index is 1.66. The van der Waals surface area contributed by atoms with Gasteiger partial charge in [-0.15, -0.1) is 0 Å². The molecule has 0 aromatic heterocycles. The van der Waals surface area contributed by atoms with E-state index in [2.05, 4.69) is 0 Å². The number of nitrogens with zero attached hydrogens (tertiary/aromatic N) is 2. The summed E-state index contributed by atoms with van der Waals surface area (Å²) < 4.78 is 11.2. The molecule has 146 valence electrons. The molecule has 6 nitrogen and oxygen atoms in total. The highest BCUT2D eigenvalue weighted by atomic mass is 35.5. The van der Waals surface area contributed by atoms with Crippen LogP contribution in [0.15, 0.2) is 42.5 Å². The van der Waals surface area contributed by atoms with Gasteiger partial charge in [0.1, 0.15) is 5.75 Å². The highest BCUT2D eigenvalue weighted by Crippen LogP contribution is 2.36. The predicted octanol–water partition coefficient (Wildman–Crippen LogP) is 3.26. The van der Waals surface area contributed by atoms with Crippen LogP contribution < -0.4 is 9.64 Å². The molecule has 2 aliphatic rings. The molecule has 1 fully saturated rings. The number of anilines is 1. The van der Waals surface area contributed by atoms with Crippen LogP contribution in [0.2, 0.25) is 10.0 Å².